The van der Waals surface area contributed by atoms with Gasteiger partial charge in [0.2, 0.25) is 5.91 Å². The predicted molar refractivity (Wildman–Crippen MR) is 82.2 cm³/mol. The van der Waals surface area contributed by atoms with Gasteiger partial charge < -0.3 is 5.32 Å². The monoisotopic (exact) mass is 293 g/mol. The molecule has 1 amide bonds. The van der Waals surface area contributed by atoms with Gasteiger partial charge in [0.15, 0.2) is 0 Å². The molecule has 0 saturated heterocycles. The SMILES string of the molecule is O=C(CCCl)NCc1ccccc1.[NaH].[NaH].[NaH].[NaH]. The molecule has 0 radical (unpaired) electrons. The zero-order valence-electron chi connectivity index (χ0n) is 7.29. The second-order valence-electron chi connectivity index (χ2n) is 2.70. The number of hydrogen-bond acceptors (Lipinski definition) is 1. The van der Waals surface area contributed by atoms with Crippen molar-refractivity contribution >= 4 is 136 Å². The summed E-state index contributed by atoms with van der Waals surface area (Å²) in [6.45, 7) is 0.580. The van der Waals surface area contributed by atoms with Crippen molar-refractivity contribution in [2.24, 2.45) is 0 Å². The summed E-state index contributed by atoms with van der Waals surface area (Å²) in [5, 5.41) is 2.78. The summed E-state index contributed by atoms with van der Waals surface area (Å²) in [6.07, 6.45) is 0.383. The number of benzene rings is 1. The Morgan fingerprint density at radius 2 is 1.59 bits per heavy atom. The second-order valence-corrected chi connectivity index (χ2v) is 3.08. The van der Waals surface area contributed by atoms with Gasteiger partial charge in [-0.1, -0.05) is 30.3 Å². The van der Waals surface area contributed by atoms with Gasteiger partial charge in [0.25, 0.3) is 0 Å². The van der Waals surface area contributed by atoms with Crippen LogP contribution in [0.25, 0.3) is 0 Å². The topological polar surface area (TPSA) is 29.1 Å². The molecule has 0 atom stereocenters. The number of hydrogen-bond donors (Lipinski definition) is 1. The van der Waals surface area contributed by atoms with Crippen molar-refractivity contribution < 1.29 is 4.79 Å². The number of rotatable bonds is 4. The molecule has 1 N–H and O–H groups in total. The standard InChI is InChI=1S/C10H12ClNO.4Na.4H/c11-7-6-10(13)12-8-9-4-2-1-3-5-9;;;;;;;;/h1-5H,6-8H2,(H,12,13);;;;;;;;. The number of amides is 1. The third-order valence-corrected chi connectivity index (χ3v) is 1.84. The summed E-state index contributed by atoms with van der Waals surface area (Å²) in [5.74, 6) is 0.375. The third kappa shape index (κ3) is 15.2. The third-order valence-electron chi connectivity index (χ3n) is 1.65. The number of alkyl halides is 1. The van der Waals surface area contributed by atoms with Crippen LogP contribution < -0.4 is 5.32 Å². The fourth-order valence-electron chi connectivity index (χ4n) is 0.971. The molecule has 17 heavy (non-hydrogen) atoms. The molecule has 78 valence electrons. The zero-order chi connectivity index (χ0) is 9.52. The molecule has 2 nitrogen and oxygen atoms in total. The van der Waals surface area contributed by atoms with E-state index in [4.69, 9.17) is 11.6 Å². The van der Waals surface area contributed by atoms with Crippen molar-refractivity contribution in [2.45, 2.75) is 13.0 Å². The first-order valence-electron chi connectivity index (χ1n) is 4.19. The van der Waals surface area contributed by atoms with E-state index < -0.39 is 0 Å². The van der Waals surface area contributed by atoms with E-state index in [0.29, 0.717) is 18.8 Å². The number of halogens is 1. The van der Waals surface area contributed by atoms with Crippen molar-refractivity contribution in [2.75, 3.05) is 5.88 Å². The molecule has 0 aromatic heterocycles. The Labute approximate surface area is 197 Å². The summed E-state index contributed by atoms with van der Waals surface area (Å²) >= 11 is 5.42. The molecular formula is C10H16ClNNa4O. The second kappa shape index (κ2) is 19.0. The molecule has 0 aliphatic carbocycles. The fourth-order valence-corrected chi connectivity index (χ4v) is 1.14. The van der Waals surface area contributed by atoms with Crippen LogP contribution in [0.3, 0.4) is 0 Å². The summed E-state index contributed by atoms with van der Waals surface area (Å²) < 4.78 is 0. The van der Waals surface area contributed by atoms with E-state index in [0.717, 1.165) is 5.56 Å². The van der Waals surface area contributed by atoms with Gasteiger partial charge in [-0.05, 0) is 5.56 Å². The summed E-state index contributed by atoms with van der Waals surface area (Å²) in [5.41, 5.74) is 1.10. The molecule has 1 rings (SSSR count). The van der Waals surface area contributed by atoms with Crippen LogP contribution in [0.15, 0.2) is 30.3 Å². The molecule has 1 aromatic carbocycles. The summed E-state index contributed by atoms with van der Waals surface area (Å²) in [6, 6.07) is 9.79. The van der Waals surface area contributed by atoms with Crippen LogP contribution in [0.1, 0.15) is 12.0 Å². The quantitative estimate of drug-likeness (QED) is 0.579. The van der Waals surface area contributed by atoms with E-state index in [-0.39, 0.29) is 124 Å². The molecule has 0 bridgehead atoms. The number of nitrogens with one attached hydrogen (secondary N) is 1. The number of carbonyl (C=O) groups excluding carboxylic acids is 1. The van der Waals surface area contributed by atoms with Crippen LogP contribution in [0, 0.1) is 0 Å². The molecule has 0 saturated carbocycles. The van der Waals surface area contributed by atoms with Gasteiger partial charge in [-0.2, -0.15) is 0 Å². The van der Waals surface area contributed by atoms with Crippen molar-refractivity contribution in [1.29, 1.82) is 0 Å². The Morgan fingerprint density at radius 1 is 1.06 bits per heavy atom. The first-order valence-corrected chi connectivity index (χ1v) is 4.73. The van der Waals surface area contributed by atoms with Gasteiger partial charge in [0.05, 0.1) is 0 Å². The Balaban J connectivity index is -0.000000211. The van der Waals surface area contributed by atoms with Crippen LogP contribution in [-0.4, -0.2) is 130 Å². The van der Waals surface area contributed by atoms with Gasteiger partial charge in [-0.3, -0.25) is 4.79 Å². The first-order chi connectivity index (χ1) is 6.33. The van der Waals surface area contributed by atoms with E-state index >= 15 is 0 Å². The Kier molecular flexibility index (Phi) is 31.5. The van der Waals surface area contributed by atoms with Gasteiger partial charge in [-0.15, -0.1) is 11.6 Å². The average molecular weight is 294 g/mol. The van der Waals surface area contributed by atoms with Crippen LogP contribution in [-0.2, 0) is 11.3 Å². The van der Waals surface area contributed by atoms with Crippen molar-refractivity contribution in [3.63, 3.8) is 0 Å². The maximum absolute atomic E-state index is 11.0. The van der Waals surface area contributed by atoms with E-state index in [1.807, 2.05) is 30.3 Å². The van der Waals surface area contributed by atoms with Crippen LogP contribution in [0.2, 0.25) is 0 Å². The predicted octanol–water partition coefficient (Wildman–Crippen LogP) is -0.662. The fraction of sp³-hybridized carbons (Fsp3) is 0.300. The molecular weight excluding hydrogens is 278 g/mol. The van der Waals surface area contributed by atoms with E-state index in [1.54, 1.807) is 0 Å². The van der Waals surface area contributed by atoms with Crippen molar-refractivity contribution in [3.8, 4) is 0 Å². The van der Waals surface area contributed by atoms with E-state index in [1.165, 1.54) is 0 Å². The Morgan fingerprint density at radius 3 is 2.06 bits per heavy atom. The maximum atomic E-state index is 11.0. The molecule has 0 unspecified atom stereocenters. The van der Waals surface area contributed by atoms with Crippen LogP contribution >= 0.6 is 11.6 Å². The summed E-state index contributed by atoms with van der Waals surface area (Å²) in [7, 11) is 0. The molecule has 0 aliphatic rings. The van der Waals surface area contributed by atoms with Gasteiger partial charge in [0.1, 0.15) is 0 Å². The Bertz CT molecular complexity index is 274. The zero-order valence-corrected chi connectivity index (χ0v) is 8.05. The van der Waals surface area contributed by atoms with Gasteiger partial charge >= 0.3 is 118 Å². The molecule has 0 spiro atoms. The molecule has 0 aliphatic heterocycles. The minimum absolute atomic E-state index is 0. The first kappa shape index (κ1) is 28.2. The molecule has 1 aromatic rings. The van der Waals surface area contributed by atoms with Crippen molar-refractivity contribution in [3.05, 3.63) is 35.9 Å². The van der Waals surface area contributed by atoms with E-state index in [9.17, 15) is 4.79 Å². The van der Waals surface area contributed by atoms with Gasteiger partial charge in [0, 0.05) is 18.8 Å². The normalized spacial score (nSPS) is 7.35. The van der Waals surface area contributed by atoms with Crippen molar-refractivity contribution in [1.82, 2.24) is 5.32 Å². The van der Waals surface area contributed by atoms with Crippen LogP contribution in [0.4, 0.5) is 0 Å². The molecule has 0 fully saturated rings. The van der Waals surface area contributed by atoms with E-state index in [2.05, 4.69) is 5.32 Å². The van der Waals surface area contributed by atoms with Gasteiger partial charge in [-0.25, -0.2) is 0 Å². The van der Waals surface area contributed by atoms with Crippen LogP contribution in [0.5, 0.6) is 0 Å². The average Bonchev–Trinajstić information content (AvgIpc) is 2.17. The summed E-state index contributed by atoms with van der Waals surface area (Å²) in [4.78, 5) is 11.0. The molecule has 0 heterocycles. The minimum atomic E-state index is -0.00106. The molecule has 7 heteroatoms. The number of carbonyl (C=O) groups is 1. The Hall–Kier alpha value is 2.98.